The molecule has 3 aromatic carbocycles. The van der Waals surface area contributed by atoms with Gasteiger partial charge >= 0.3 is 0 Å². The van der Waals surface area contributed by atoms with Gasteiger partial charge in [-0.15, -0.1) is 0 Å². The molecule has 1 aromatic heterocycles. The lowest BCUT2D eigenvalue weighted by molar-refractivity contribution is -0.384. The molecule has 0 fully saturated rings. The lowest BCUT2D eigenvalue weighted by atomic mass is 10.2. The number of hydrogen-bond donors (Lipinski definition) is 2. The summed E-state index contributed by atoms with van der Waals surface area (Å²) in [5.74, 6) is 0.0337. The molecule has 0 amide bonds. The molecule has 0 unspecified atom stereocenters. The Kier molecular flexibility index (Phi) is 5.88. The summed E-state index contributed by atoms with van der Waals surface area (Å²) < 4.78 is 28.9. The number of fused-ring (bicyclic) bond motifs is 1. The highest BCUT2D eigenvalue weighted by Crippen LogP contribution is 2.32. The zero-order valence-corrected chi connectivity index (χ0v) is 19.1. The first-order valence-electron chi connectivity index (χ1n) is 9.72. The Labute approximate surface area is 194 Å². The Hall–Kier alpha value is -3.76. The van der Waals surface area contributed by atoms with Gasteiger partial charge in [-0.25, -0.2) is 18.4 Å². The molecule has 0 radical (unpaired) electrons. The molecule has 4 aromatic rings. The van der Waals surface area contributed by atoms with Gasteiger partial charge in [0.25, 0.3) is 15.7 Å². The molecule has 0 saturated carbocycles. The second-order valence-electron chi connectivity index (χ2n) is 7.33. The maximum atomic E-state index is 13.2. The number of benzene rings is 3. The number of nitrogens with one attached hydrogen (secondary N) is 2. The second-order valence-corrected chi connectivity index (χ2v) is 9.39. The van der Waals surface area contributed by atoms with E-state index >= 15 is 0 Å². The number of aromatic nitrogens is 2. The van der Waals surface area contributed by atoms with Gasteiger partial charge in [-0.05, 0) is 55.3 Å². The van der Waals surface area contributed by atoms with E-state index in [-0.39, 0.29) is 27.2 Å². The van der Waals surface area contributed by atoms with E-state index in [1.165, 1.54) is 18.2 Å². The summed E-state index contributed by atoms with van der Waals surface area (Å²) >= 11 is 5.90. The standard InChI is InChI=1S/C22H18ClN5O4S/c1-13-7-8-14(2)20(11-13)33(31,32)27-22-21(25-17-5-3-4-6-18(17)26-22)24-15-9-10-16(23)19(12-15)28(29)30/h3-12H,1-2H3,(H,24,25)(H,26,27). The zero-order valence-electron chi connectivity index (χ0n) is 17.5. The molecule has 0 saturated heterocycles. The number of nitrogens with zero attached hydrogens (tertiary/aromatic N) is 3. The van der Waals surface area contributed by atoms with Crippen LogP contribution in [0.5, 0.6) is 0 Å². The minimum absolute atomic E-state index is 0.0222. The van der Waals surface area contributed by atoms with E-state index in [4.69, 9.17) is 11.6 Å². The molecule has 0 bridgehead atoms. The van der Waals surface area contributed by atoms with Crippen LogP contribution in [0, 0.1) is 24.0 Å². The first-order valence-corrected chi connectivity index (χ1v) is 11.6. The van der Waals surface area contributed by atoms with Gasteiger partial charge in [-0.2, -0.15) is 0 Å². The van der Waals surface area contributed by atoms with E-state index in [1.807, 2.05) is 6.07 Å². The predicted molar refractivity (Wildman–Crippen MR) is 128 cm³/mol. The van der Waals surface area contributed by atoms with Crippen LogP contribution in [0.15, 0.2) is 65.6 Å². The van der Waals surface area contributed by atoms with Crippen LogP contribution in [-0.4, -0.2) is 23.3 Å². The predicted octanol–water partition coefficient (Wildman–Crippen LogP) is 5.35. The third-order valence-corrected chi connectivity index (χ3v) is 6.64. The van der Waals surface area contributed by atoms with Gasteiger partial charge in [-0.1, -0.05) is 35.9 Å². The summed E-state index contributed by atoms with van der Waals surface area (Å²) in [6.45, 7) is 3.50. The molecule has 1 heterocycles. The van der Waals surface area contributed by atoms with E-state index in [9.17, 15) is 18.5 Å². The molecular weight excluding hydrogens is 466 g/mol. The molecule has 4 rings (SSSR count). The average Bonchev–Trinajstić information content (AvgIpc) is 2.76. The number of halogens is 1. The Bertz CT molecular complexity index is 1510. The molecule has 0 aliphatic carbocycles. The van der Waals surface area contributed by atoms with E-state index in [1.54, 1.807) is 50.2 Å². The number of nitro groups is 1. The molecule has 2 N–H and O–H groups in total. The molecule has 9 nitrogen and oxygen atoms in total. The molecule has 0 aliphatic rings. The topological polar surface area (TPSA) is 127 Å². The van der Waals surface area contributed by atoms with Crippen molar-refractivity contribution < 1.29 is 13.3 Å². The van der Waals surface area contributed by atoms with Crippen molar-refractivity contribution in [3.63, 3.8) is 0 Å². The highest BCUT2D eigenvalue weighted by molar-refractivity contribution is 7.92. The van der Waals surface area contributed by atoms with Gasteiger partial charge in [0.05, 0.1) is 20.9 Å². The molecule has 33 heavy (non-hydrogen) atoms. The van der Waals surface area contributed by atoms with Gasteiger partial charge in [0.1, 0.15) is 5.02 Å². The number of rotatable bonds is 6. The minimum Gasteiger partial charge on any atom is -0.337 e. The molecule has 0 spiro atoms. The fourth-order valence-electron chi connectivity index (χ4n) is 3.20. The van der Waals surface area contributed by atoms with Crippen LogP contribution in [0.1, 0.15) is 11.1 Å². The van der Waals surface area contributed by atoms with Crippen LogP contribution < -0.4 is 10.0 Å². The Morgan fingerprint density at radius 2 is 1.61 bits per heavy atom. The fourth-order valence-corrected chi connectivity index (χ4v) is 4.73. The Balaban J connectivity index is 1.81. The minimum atomic E-state index is -4.00. The largest absolute Gasteiger partial charge is 0.337 e. The first kappa shape index (κ1) is 22.4. The molecule has 0 aliphatic heterocycles. The van der Waals surface area contributed by atoms with Crippen LogP contribution in [0.3, 0.4) is 0 Å². The normalized spacial score (nSPS) is 11.4. The van der Waals surface area contributed by atoms with Crippen molar-refractivity contribution in [2.45, 2.75) is 18.7 Å². The van der Waals surface area contributed by atoms with Crippen molar-refractivity contribution in [2.24, 2.45) is 0 Å². The van der Waals surface area contributed by atoms with Crippen molar-refractivity contribution in [1.29, 1.82) is 0 Å². The van der Waals surface area contributed by atoms with E-state index in [0.29, 0.717) is 22.3 Å². The molecule has 11 heteroatoms. The lowest BCUT2D eigenvalue weighted by Gasteiger charge is -2.15. The number of aryl methyl sites for hydroxylation is 2. The first-order chi connectivity index (χ1) is 15.6. The second kappa shape index (κ2) is 8.64. The monoisotopic (exact) mass is 483 g/mol. The summed E-state index contributed by atoms with van der Waals surface area (Å²) in [4.78, 5) is 19.7. The molecule has 0 atom stereocenters. The third kappa shape index (κ3) is 4.71. The van der Waals surface area contributed by atoms with Crippen molar-refractivity contribution >= 4 is 55.7 Å². The van der Waals surface area contributed by atoms with E-state index in [2.05, 4.69) is 20.0 Å². The highest BCUT2D eigenvalue weighted by atomic mass is 35.5. The Morgan fingerprint density at radius 1 is 0.939 bits per heavy atom. The van der Waals surface area contributed by atoms with Crippen LogP contribution in [0.25, 0.3) is 11.0 Å². The van der Waals surface area contributed by atoms with Crippen LogP contribution in [-0.2, 0) is 10.0 Å². The van der Waals surface area contributed by atoms with Gasteiger partial charge in [0, 0.05) is 11.8 Å². The summed E-state index contributed by atoms with van der Waals surface area (Å²) in [6, 6.07) is 16.2. The van der Waals surface area contributed by atoms with Crippen LogP contribution in [0.4, 0.5) is 23.0 Å². The van der Waals surface area contributed by atoms with Crippen molar-refractivity contribution in [2.75, 3.05) is 10.0 Å². The Morgan fingerprint density at radius 3 is 2.27 bits per heavy atom. The number of anilines is 3. The van der Waals surface area contributed by atoms with Crippen molar-refractivity contribution in [3.8, 4) is 0 Å². The quantitative estimate of drug-likeness (QED) is 0.279. The van der Waals surface area contributed by atoms with E-state index < -0.39 is 14.9 Å². The smallest absolute Gasteiger partial charge is 0.289 e. The molecule has 168 valence electrons. The summed E-state index contributed by atoms with van der Waals surface area (Å²) in [7, 11) is -4.00. The zero-order chi connectivity index (χ0) is 23.8. The number of para-hydroxylation sites is 2. The van der Waals surface area contributed by atoms with Crippen LogP contribution in [0.2, 0.25) is 5.02 Å². The van der Waals surface area contributed by atoms with Gasteiger partial charge < -0.3 is 5.32 Å². The van der Waals surface area contributed by atoms with Crippen molar-refractivity contribution in [1.82, 2.24) is 9.97 Å². The third-order valence-electron chi connectivity index (χ3n) is 4.84. The highest BCUT2D eigenvalue weighted by Gasteiger charge is 2.22. The molecular formula is C22H18ClN5O4S. The number of hydrogen-bond acceptors (Lipinski definition) is 7. The number of nitro benzene ring substituents is 1. The van der Waals surface area contributed by atoms with Gasteiger partial charge in [0.15, 0.2) is 11.6 Å². The number of sulfonamides is 1. The maximum absolute atomic E-state index is 13.2. The van der Waals surface area contributed by atoms with Gasteiger partial charge in [0.2, 0.25) is 0 Å². The maximum Gasteiger partial charge on any atom is 0.289 e. The van der Waals surface area contributed by atoms with Gasteiger partial charge in [-0.3, -0.25) is 14.8 Å². The summed E-state index contributed by atoms with van der Waals surface area (Å²) in [5, 5.41) is 14.1. The van der Waals surface area contributed by atoms with Crippen molar-refractivity contribution in [3.05, 3.63) is 86.9 Å². The lowest BCUT2D eigenvalue weighted by Crippen LogP contribution is -2.17. The fraction of sp³-hybridized carbons (Fsp3) is 0.0909. The summed E-state index contributed by atoms with van der Waals surface area (Å²) in [6.07, 6.45) is 0. The summed E-state index contributed by atoms with van der Waals surface area (Å²) in [5.41, 5.74) is 2.35. The van der Waals surface area contributed by atoms with Crippen LogP contribution >= 0.6 is 11.6 Å². The SMILES string of the molecule is Cc1ccc(C)c(S(=O)(=O)Nc2nc3ccccc3nc2Nc2ccc(Cl)c([N+](=O)[O-])c2)c1. The average molecular weight is 484 g/mol. The van der Waals surface area contributed by atoms with E-state index in [0.717, 1.165) is 5.56 Å².